The average molecular weight is 482 g/mol. The number of aryl methyl sites for hydroxylation is 1. The van der Waals surface area contributed by atoms with Gasteiger partial charge in [-0.05, 0) is 67.5 Å². The van der Waals surface area contributed by atoms with E-state index < -0.39 is 20.5 Å². The van der Waals surface area contributed by atoms with Gasteiger partial charge in [-0.2, -0.15) is 5.10 Å². The van der Waals surface area contributed by atoms with E-state index >= 15 is 0 Å². The highest BCUT2D eigenvalue weighted by Crippen LogP contribution is 2.46. The van der Waals surface area contributed by atoms with Crippen LogP contribution in [0, 0.1) is 17.8 Å². The summed E-state index contributed by atoms with van der Waals surface area (Å²) in [5.74, 6) is 6.19. The Labute approximate surface area is 198 Å². The van der Waals surface area contributed by atoms with Crippen LogP contribution in [0.15, 0.2) is 48.7 Å². The van der Waals surface area contributed by atoms with Crippen LogP contribution in [-0.4, -0.2) is 52.0 Å². The smallest absolute Gasteiger partial charge is 0.264 e. The Morgan fingerprint density at radius 1 is 1.21 bits per heavy atom. The molecule has 1 saturated carbocycles. The summed E-state index contributed by atoms with van der Waals surface area (Å²) in [5, 5.41) is 23.4. The summed E-state index contributed by atoms with van der Waals surface area (Å²) >= 11 is 0. The van der Waals surface area contributed by atoms with Crippen molar-refractivity contribution in [1.82, 2.24) is 15.3 Å². The maximum absolute atomic E-state index is 12.2. The van der Waals surface area contributed by atoms with E-state index in [4.69, 9.17) is 5.21 Å². The van der Waals surface area contributed by atoms with Crippen molar-refractivity contribution in [3.05, 3.63) is 65.4 Å². The third kappa shape index (κ3) is 4.71. The van der Waals surface area contributed by atoms with Crippen LogP contribution in [0.2, 0.25) is 0 Å². The van der Waals surface area contributed by atoms with Gasteiger partial charge in [-0.15, -0.1) is 0 Å². The number of aliphatic hydroxyl groups is 1. The number of fused-ring (bicyclic) bond motifs is 1. The van der Waals surface area contributed by atoms with Gasteiger partial charge in [0.1, 0.15) is 0 Å². The number of carbonyl (C=O) groups excluding carboxylic acids is 1. The van der Waals surface area contributed by atoms with E-state index in [-0.39, 0.29) is 19.6 Å². The molecule has 0 bridgehead atoms. The normalized spacial score (nSPS) is 19.2. The van der Waals surface area contributed by atoms with Crippen molar-refractivity contribution in [1.29, 1.82) is 0 Å². The molecule has 3 N–H and O–H groups in total. The van der Waals surface area contributed by atoms with Crippen molar-refractivity contribution < 1.29 is 23.5 Å². The van der Waals surface area contributed by atoms with Gasteiger partial charge >= 0.3 is 0 Å². The van der Waals surface area contributed by atoms with E-state index in [2.05, 4.69) is 29.1 Å². The molecule has 0 saturated heterocycles. The Balaban J connectivity index is 1.48. The molecule has 34 heavy (non-hydrogen) atoms. The van der Waals surface area contributed by atoms with E-state index in [0.717, 1.165) is 34.7 Å². The predicted octanol–water partition coefficient (Wildman–Crippen LogP) is 2.23. The molecule has 3 atom stereocenters. The van der Waals surface area contributed by atoms with E-state index in [0.29, 0.717) is 11.8 Å². The second-order valence-corrected chi connectivity index (χ2v) is 11.4. The summed E-state index contributed by atoms with van der Waals surface area (Å²) in [6.45, 7) is 1.70. The van der Waals surface area contributed by atoms with E-state index in [1.165, 1.54) is 18.0 Å². The Hall–Kier alpha value is -3.19. The zero-order chi connectivity index (χ0) is 24.5. The second-order valence-electron chi connectivity index (χ2n) is 8.99. The highest BCUT2D eigenvalue weighted by Gasteiger charge is 2.43. The summed E-state index contributed by atoms with van der Waals surface area (Å²) in [7, 11) is -3.77. The molecule has 1 aromatic heterocycles. The minimum Gasteiger partial charge on any atom is -0.396 e. The lowest BCUT2D eigenvalue weighted by molar-refractivity contribution is -0.131. The van der Waals surface area contributed by atoms with Gasteiger partial charge in [-0.3, -0.25) is 14.7 Å². The molecule has 1 aliphatic rings. The van der Waals surface area contributed by atoms with Gasteiger partial charge < -0.3 is 5.11 Å². The van der Waals surface area contributed by atoms with Crippen LogP contribution >= 0.6 is 0 Å². The van der Waals surface area contributed by atoms with Gasteiger partial charge in [0, 0.05) is 35.9 Å². The molecule has 8 nitrogen and oxygen atoms in total. The number of amides is 1. The largest absolute Gasteiger partial charge is 0.396 e. The Morgan fingerprint density at radius 2 is 1.88 bits per heavy atom. The number of nitrogens with zero attached hydrogens (tertiary/aromatic N) is 2. The molecule has 2 aromatic carbocycles. The fraction of sp³-hybridized carbons (Fsp3) is 0.360. The van der Waals surface area contributed by atoms with Gasteiger partial charge in [0.15, 0.2) is 14.6 Å². The minimum atomic E-state index is -3.77. The van der Waals surface area contributed by atoms with Crippen molar-refractivity contribution in [2.24, 2.45) is 5.92 Å². The van der Waals surface area contributed by atoms with Crippen LogP contribution in [0.4, 0.5) is 0 Å². The van der Waals surface area contributed by atoms with Crippen LogP contribution in [0.1, 0.15) is 42.4 Å². The zero-order valence-corrected chi connectivity index (χ0v) is 19.8. The predicted molar refractivity (Wildman–Crippen MR) is 128 cm³/mol. The lowest BCUT2D eigenvalue weighted by atomic mass is 10.1. The van der Waals surface area contributed by atoms with E-state index in [1.54, 1.807) is 10.9 Å². The number of sulfone groups is 1. The van der Waals surface area contributed by atoms with Gasteiger partial charge in [0.25, 0.3) is 5.91 Å². The van der Waals surface area contributed by atoms with Gasteiger partial charge in [-0.25, -0.2) is 13.9 Å². The summed E-state index contributed by atoms with van der Waals surface area (Å²) in [4.78, 5) is 12.0. The molecule has 0 aliphatic heterocycles. The molecule has 178 valence electrons. The topological polar surface area (TPSA) is 122 Å². The lowest BCUT2D eigenvalue weighted by Gasteiger charge is -2.25. The maximum atomic E-state index is 12.2. The molecule has 0 unspecified atom stereocenters. The highest BCUT2D eigenvalue weighted by molar-refractivity contribution is 7.92. The van der Waals surface area contributed by atoms with Crippen LogP contribution in [-0.2, 0) is 21.2 Å². The molecule has 0 spiro atoms. The van der Waals surface area contributed by atoms with Crippen molar-refractivity contribution in [2.45, 2.75) is 37.0 Å². The van der Waals surface area contributed by atoms with Crippen LogP contribution < -0.4 is 5.48 Å². The zero-order valence-electron chi connectivity index (χ0n) is 19.0. The first-order valence-corrected chi connectivity index (χ1v) is 12.9. The summed E-state index contributed by atoms with van der Waals surface area (Å²) in [5.41, 5.74) is 5.21. The quantitative estimate of drug-likeness (QED) is 0.270. The monoisotopic (exact) mass is 481 g/mol. The number of hydrogen-bond acceptors (Lipinski definition) is 6. The Bertz CT molecular complexity index is 1390. The van der Waals surface area contributed by atoms with Crippen LogP contribution in [0.5, 0.6) is 0 Å². The first-order chi connectivity index (χ1) is 16.2. The second kappa shape index (κ2) is 9.22. The van der Waals surface area contributed by atoms with Crippen molar-refractivity contribution >= 4 is 26.6 Å². The van der Waals surface area contributed by atoms with Crippen LogP contribution in [0.3, 0.4) is 0 Å². The highest BCUT2D eigenvalue weighted by atomic mass is 32.2. The first kappa shape index (κ1) is 24.0. The van der Waals surface area contributed by atoms with Crippen LogP contribution in [0.25, 0.3) is 10.9 Å². The Kier molecular flexibility index (Phi) is 6.49. The van der Waals surface area contributed by atoms with Crippen molar-refractivity contribution in [3.63, 3.8) is 0 Å². The number of aliphatic hydroxyl groups excluding tert-OH is 1. The number of carbonyl (C=O) groups is 1. The average Bonchev–Trinajstić information content (AvgIpc) is 3.51. The molecule has 1 amide bonds. The number of hydroxylamine groups is 1. The molecule has 1 fully saturated rings. The Morgan fingerprint density at radius 3 is 2.50 bits per heavy atom. The molecule has 3 aromatic rings. The molecule has 4 rings (SSSR count). The number of hydrogen-bond donors (Lipinski definition) is 3. The fourth-order valence-corrected chi connectivity index (χ4v) is 4.91. The molecule has 1 aliphatic carbocycles. The lowest BCUT2D eigenvalue weighted by Crippen LogP contribution is -2.49. The van der Waals surface area contributed by atoms with Gasteiger partial charge in [0.2, 0.25) is 0 Å². The SMILES string of the molecule is C[C@@](CCn1ncc2cc(C#Cc3ccc([C@@H]4C[C@H]4CO)cc3)ccc21)(C(=O)NO)S(C)(=O)=O. The van der Waals surface area contributed by atoms with Gasteiger partial charge in [-0.1, -0.05) is 24.0 Å². The standard InChI is InChI=1S/C25H27N3O5S/c1-25(24(30)27-31,34(2,32)33)11-12-28-23-10-7-18(13-20(23)15-26-28)4-3-17-5-8-19(9-6-17)22-14-21(22)16-29/h5-10,13,15,21-22,29,31H,11-12,14,16H2,1-2H3,(H,27,30)/t21-,22-,25+/m0/s1. The fourth-order valence-electron chi connectivity index (χ4n) is 4.06. The van der Waals surface area contributed by atoms with Crippen molar-refractivity contribution in [3.8, 4) is 11.8 Å². The van der Waals surface area contributed by atoms with E-state index in [9.17, 15) is 18.3 Å². The summed E-state index contributed by atoms with van der Waals surface area (Å²) < 4.78 is 24.2. The summed E-state index contributed by atoms with van der Waals surface area (Å²) in [6, 6.07) is 13.8. The minimum absolute atomic E-state index is 0.0491. The maximum Gasteiger partial charge on any atom is 0.264 e. The van der Waals surface area contributed by atoms with E-state index in [1.807, 2.05) is 30.3 Å². The number of rotatable bonds is 7. The molecular weight excluding hydrogens is 454 g/mol. The molecule has 9 heteroatoms. The first-order valence-electron chi connectivity index (χ1n) is 11.0. The number of benzene rings is 2. The number of nitrogens with one attached hydrogen (secondary N) is 1. The molecule has 1 heterocycles. The van der Waals surface area contributed by atoms with Gasteiger partial charge in [0.05, 0.1) is 11.7 Å². The summed E-state index contributed by atoms with van der Waals surface area (Å²) in [6.07, 6.45) is 3.63. The third-order valence-corrected chi connectivity index (χ3v) is 8.72. The number of aromatic nitrogens is 2. The van der Waals surface area contributed by atoms with Crippen molar-refractivity contribution in [2.75, 3.05) is 12.9 Å². The molecule has 0 radical (unpaired) electrons. The third-order valence-electron chi connectivity index (χ3n) is 6.69. The molecular formula is C25H27N3O5S.